The molecule has 6 heteroatoms. The Morgan fingerprint density at radius 2 is 1.96 bits per heavy atom. The van der Waals surface area contributed by atoms with Crippen molar-refractivity contribution in [2.24, 2.45) is 0 Å². The Labute approximate surface area is 153 Å². The molecule has 0 radical (unpaired) electrons. The number of nitro groups is 1. The highest BCUT2D eigenvalue weighted by atomic mass is 16.6. The Kier molecular flexibility index (Phi) is 5.32. The molecule has 2 aromatic rings. The lowest BCUT2D eigenvalue weighted by molar-refractivity contribution is -0.385. The van der Waals surface area contributed by atoms with Crippen LogP contribution in [0, 0.1) is 17.0 Å². The van der Waals surface area contributed by atoms with E-state index in [9.17, 15) is 14.9 Å². The largest absolute Gasteiger partial charge is 0.350 e. The van der Waals surface area contributed by atoms with Crippen LogP contribution in [-0.2, 0) is 13.0 Å². The molecular weight excluding hydrogens is 330 g/mol. The number of hydrogen-bond acceptors (Lipinski definition) is 4. The monoisotopic (exact) mass is 353 g/mol. The summed E-state index contributed by atoms with van der Waals surface area (Å²) in [6, 6.07) is 13.4. The smallest absolute Gasteiger partial charge is 0.285 e. The molecule has 0 saturated heterocycles. The zero-order valence-corrected chi connectivity index (χ0v) is 15.1. The molecule has 0 aromatic heterocycles. The summed E-state index contributed by atoms with van der Waals surface area (Å²) in [5.41, 5.74) is 3.20. The number of benzene rings is 2. The summed E-state index contributed by atoms with van der Waals surface area (Å²) in [5.74, 6) is -0.398. The zero-order valence-electron chi connectivity index (χ0n) is 15.1. The van der Waals surface area contributed by atoms with Gasteiger partial charge in [0.2, 0.25) is 0 Å². The number of rotatable bonds is 5. The van der Waals surface area contributed by atoms with Gasteiger partial charge in [-0.25, -0.2) is 0 Å². The van der Waals surface area contributed by atoms with Crippen molar-refractivity contribution in [2.45, 2.75) is 32.9 Å². The third-order valence-corrected chi connectivity index (χ3v) is 5.01. The van der Waals surface area contributed by atoms with Gasteiger partial charge in [0, 0.05) is 31.2 Å². The van der Waals surface area contributed by atoms with Crippen molar-refractivity contribution in [3.8, 4) is 0 Å². The van der Waals surface area contributed by atoms with Crippen LogP contribution in [-0.4, -0.2) is 34.9 Å². The van der Waals surface area contributed by atoms with Gasteiger partial charge >= 0.3 is 0 Å². The molecule has 1 N–H and O–H groups in total. The second-order valence-electron chi connectivity index (χ2n) is 6.78. The van der Waals surface area contributed by atoms with Crippen LogP contribution in [0.5, 0.6) is 0 Å². The number of nitrogens with zero attached hydrogens (tertiary/aromatic N) is 2. The molecule has 3 rings (SSSR count). The van der Waals surface area contributed by atoms with Gasteiger partial charge in [0.25, 0.3) is 11.6 Å². The maximum Gasteiger partial charge on any atom is 0.285 e. The van der Waals surface area contributed by atoms with E-state index in [1.54, 1.807) is 19.1 Å². The first kappa shape index (κ1) is 18.1. The number of para-hydroxylation sites is 1. The summed E-state index contributed by atoms with van der Waals surface area (Å²) in [5, 5.41) is 14.1. The van der Waals surface area contributed by atoms with E-state index in [2.05, 4.69) is 35.3 Å². The van der Waals surface area contributed by atoms with Crippen LogP contribution < -0.4 is 5.32 Å². The lowest BCUT2D eigenvalue weighted by Crippen LogP contribution is -2.44. The highest BCUT2D eigenvalue weighted by molar-refractivity contribution is 5.98. The molecule has 0 aliphatic carbocycles. The fraction of sp³-hybridized carbons (Fsp3) is 0.350. The van der Waals surface area contributed by atoms with E-state index in [-0.39, 0.29) is 17.3 Å². The maximum atomic E-state index is 12.5. The molecule has 1 aliphatic rings. The van der Waals surface area contributed by atoms with Crippen LogP contribution in [0.1, 0.15) is 34.0 Å². The van der Waals surface area contributed by atoms with Gasteiger partial charge < -0.3 is 5.32 Å². The second-order valence-corrected chi connectivity index (χ2v) is 6.78. The molecule has 136 valence electrons. The Hall–Kier alpha value is -2.73. The lowest BCUT2D eigenvalue weighted by Gasteiger charge is -2.33. The predicted molar refractivity (Wildman–Crippen MR) is 100 cm³/mol. The molecule has 0 fully saturated rings. The van der Waals surface area contributed by atoms with Crippen LogP contribution >= 0.6 is 0 Å². The number of nitro benzene ring substituents is 1. The van der Waals surface area contributed by atoms with Crippen molar-refractivity contribution in [1.82, 2.24) is 10.2 Å². The fourth-order valence-electron chi connectivity index (χ4n) is 3.44. The molecule has 2 aromatic carbocycles. The third-order valence-electron chi connectivity index (χ3n) is 5.01. The molecule has 0 unspecified atom stereocenters. The minimum absolute atomic E-state index is 0.117. The van der Waals surface area contributed by atoms with E-state index < -0.39 is 10.8 Å². The summed E-state index contributed by atoms with van der Waals surface area (Å²) < 4.78 is 0. The molecule has 26 heavy (non-hydrogen) atoms. The summed E-state index contributed by atoms with van der Waals surface area (Å²) in [6.45, 7) is 5.96. The van der Waals surface area contributed by atoms with E-state index in [0.29, 0.717) is 12.1 Å². The molecule has 1 aliphatic heterocycles. The minimum atomic E-state index is -0.491. The average molecular weight is 353 g/mol. The van der Waals surface area contributed by atoms with Crippen LogP contribution in [0.3, 0.4) is 0 Å². The second kappa shape index (κ2) is 7.66. The number of nitrogens with one attached hydrogen (secondary N) is 1. The predicted octanol–water partition coefficient (Wildman–Crippen LogP) is 3.08. The molecular formula is C20H23N3O3. The minimum Gasteiger partial charge on any atom is -0.350 e. The van der Waals surface area contributed by atoms with E-state index in [1.165, 1.54) is 17.2 Å². The summed E-state index contributed by atoms with van der Waals surface area (Å²) >= 11 is 0. The van der Waals surface area contributed by atoms with E-state index in [0.717, 1.165) is 19.5 Å². The number of carbonyl (C=O) groups is 1. The average Bonchev–Trinajstić information content (AvgIpc) is 2.64. The normalized spacial score (nSPS) is 15.2. The van der Waals surface area contributed by atoms with E-state index in [1.807, 2.05) is 6.07 Å². The first-order chi connectivity index (χ1) is 12.5. The summed E-state index contributed by atoms with van der Waals surface area (Å²) in [4.78, 5) is 25.6. The highest BCUT2D eigenvalue weighted by Crippen LogP contribution is 2.23. The number of aryl methyl sites for hydroxylation is 1. The van der Waals surface area contributed by atoms with Crippen LogP contribution in [0.15, 0.2) is 42.5 Å². The van der Waals surface area contributed by atoms with Gasteiger partial charge in [-0.1, -0.05) is 36.4 Å². The quantitative estimate of drug-likeness (QED) is 0.662. The SMILES string of the molecule is Cc1cccc(C(=O)NC[C@H](C)N2CCc3ccccc3C2)c1[N+](=O)[O-]. The molecule has 0 saturated carbocycles. The van der Waals surface area contributed by atoms with Crippen molar-refractivity contribution >= 4 is 11.6 Å². The molecule has 0 bridgehead atoms. The lowest BCUT2D eigenvalue weighted by atomic mass is 9.99. The third kappa shape index (κ3) is 3.75. The Morgan fingerprint density at radius 3 is 2.69 bits per heavy atom. The van der Waals surface area contributed by atoms with Crippen molar-refractivity contribution in [2.75, 3.05) is 13.1 Å². The number of amides is 1. The van der Waals surface area contributed by atoms with Gasteiger partial charge in [0.15, 0.2) is 0 Å². The van der Waals surface area contributed by atoms with Crippen LogP contribution in [0.4, 0.5) is 5.69 Å². The van der Waals surface area contributed by atoms with E-state index >= 15 is 0 Å². The first-order valence-electron chi connectivity index (χ1n) is 8.80. The Balaban J connectivity index is 1.64. The Bertz CT molecular complexity index is 835. The van der Waals surface area contributed by atoms with E-state index in [4.69, 9.17) is 0 Å². The molecule has 1 amide bonds. The van der Waals surface area contributed by atoms with Crippen LogP contribution in [0.25, 0.3) is 0 Å². The van der Waals surface area contributed by atoms with Gasteiger partial charge in [0.1, 0.15) is 5.56 Å². The van der Waals surface area contributed by atoms with Gasteiger partial charge in [0.05, 0.1) is 4.92 Å². The maximum absolute atomic E-state index is 12.5. The zero-order chi connectivity index (χ0) is 18.7. The molecule has 1 heterocycles. The van der Waals surface area contributed by atoms with Gasteiger partial charge in [-0.05, 0) is 37.5 Å². The standard InChI is InChI=1S/C20H23N3O3/c1-14-6-5-9-18(19(14)23(25)26)20(24)21-12-15(2)22-11-10-16-7-3-4-8-17(16)13-22/h3-9,15H,10-13H2,1-2H3,(H,21,24)/t15-/m0/s1. The van der Waals surface area contributed by atoms with Gasteiger partial charge in [-0.2, -0.15) is 0 Å². The molecule has 0 spiro atoms. The number of hydrogen-bond donors (Lipinski definition) is 1. The summed E-state index contributed by atoms with van der Waals surface area (Å²) in [6.07, 6.45) is 0.998. The molecule has 1 atom stereocenters. The van der Waals surface area contributed by atoms with Crippen LogP contribution in [0.2, 0.25) is 0 Å². The number of fused-ring (bicyclic) bond motifs is 1. The number of carbonyl (C=O) groups excluding carboxylic acids is 1. The van der Waals surface area contributed by atoms with Crippen molar-refractivity contribution in [3.05, 3.63) is 74.8 Å². The Morgan fingerprint density at radius 1 is 1.23 bits per heavy atom. The van der Waals surface area contributed by atoms with Crippen molar-refractivity contribution in [3.63, 3.8) is 0 Å². The first-order valence-corrected chi connectivity index (χ1v) is 8.80. The topological polar surface area (TPSA) is 75.5 Å². The van der Waals surface area contributed by atoms with Crippen molar-refractivity contribution in [1.29, 1.82) is 0 Å². The van der Waals surface area contributed by atoms with Gasteiger partial charge in [-0.15, -0.1) is 0 Å². The highest BCUT2D eigenvalue weighted by Gasteiger charge is 2.24. The summed E-state index contributed by atoms with van der Waals surface area (Å²) in [7, 11) is 0. The van der Waals surface area contributed by atoms with Crippen molar-refractivity contribution < 1.29 is 9.72 Å². The fourth-order valence-corrected chi connectivity index (χ4v) is 3.44. The van der Waals surface area contributed by atoms with Gasteiger partial charge in [-0.3, -0.25) is 19.8 Å². The molecule has 6 nitrogen and oxygen atoms in total.